The van der Waals surface area contributed by atoms with Gasteiger partial charge >= 0.3 is 5.97 Å². The van der Waals surface area contributed by atoms with Gasteiger partial charge in [0.2, 0.25) is 0 Å². The van der Waals surface area contributed by atoms with Gasteiger partial charge in [-0.3, -0.25) is 4.79 Å². The van der Waals surface area contributed by atoms with Crippen LogP contribution in [-0.2, 0) is 14.3 Å². The van der Waals surface area contributed by atoms with Crippen LogP contribution in [-0.4, -0.2) is 25.3 Å². The molecule has 1 aliphatic carbocycles. The number of hydrogen-bond acceptors (Lipinski definition) is 3. The highest BCUT2D eigenvalue weighted by Gasteiger charge is 2.33. The Labute approximate surface area is 111 Å². The van der Waals surface area contributed by atoms with Crippen molar-refractivity contribution in [2.45, 2.75) is 59.5 Å². The first-order valence-corrected chi connectivity index (χ1v) is 7.31. The van der Waals surface area contributed by atoms with E-state index in [4.69, 9.17) is 9.47 Å². The van der Waals surface area contributed by atoms with Crippen molar-refractivity contribution in [3.05, 3.63) is 0 Å². The highest BCUT2D eigenvalue weighted by Crippen LogP contribution is 2.35. The predicted octanol–water partition coefficient (Wildman–Crippen LogP) is 3.42. The van der Waals surface area contributed by atoms with Gasteiger partial charge in [-0.1, -0.05) is 27.2 Å². The molecule has 0 amide bonds. The van der Waals surface area contributed by atoms with Gasteiger partial charge in [0.15, 0.2) is 0 Å². The number of hydrogen-bond donors (Lipinski definition) is 0. The molecular formula is C15H28O3. The summed E-state index contributed by atoms with van der Waals surface area (Å²) in [6.07, 6.45) is 3.95. The van der Waals surface area contributed by atoms with E-state index >= 15 is 0 Å². The molecule has 0 aromatic heterocycles. The normalized spacial score (nSPS) is 28.4. The molecule has 0 saturated heterocycles. The molecule has 0 spiro atoms. The summed E-state index contributed by atoms with van der Waals surface area (Å²) < 4.78 is 10.9. The Hall–Kier alpha value is -0.570. The highest BCUT2D eigenvalue weighted by atomic mass is 16.5. The minimum atomic E-state index is -0.104. The van der Waals surface area contributed by atoms with Crippen molar-refractivity contribution in [2.75, 3.05) is 13.2 Å². The third kappa shape index (κ3) is 4.97. The van der Waals surface area contributed by atoms with Crippen molar-refractivity contribution in [3.63, 3.8) is 0 Å². The van der Waals surface area contributed by atoms with E-state index < -0.39 is 0 Å². The summed E-state index contributed by atoms with van der Waals surface area (Å²) in [6, 6.07) is 0. The molecule has 106 valence electrons. The largest absolute Gasteiger partial charge is 0.462 e. The summed E-state index contributed by atoms with van der Waals surface area (Å²) in [5.41, 5.74) is 0. The standard InChI is InChI=1S/C15H28O3/c1-5-17-9-8-15(16)18-14-10-12(4)6-7-13(14)11(2)3/h11-14H,5-10H2,1-4H3/t12-,13+,14-/m1/s1. The van der Waals surface area contributed by atoms with Gasteiger partial charge in [0.25, 0.3) is 0 Å². The van der Waals surface area contributed by atoms with Crippen molar-refractivity contribution in [2.24, 2.45) is 17.8 Å². The third-order valence-corrected chi connectivity index (χ3v) is 3.90. The first-order valence-electron chi connectivity index (χ1n) is 7.31. The Morgan fingerprint density at radius 2 is 2.06 bits per heavy atom. The summed E-state index contributed by atoms with van der Waals surface area (Å²) in [7, 11) is 0. The molecule has 0 unspecified atom stereocenters. The molecule has 18 heavy (non-hydrogen) atoms. The number of carbonyl (C=O) groups is 1. The van der Waals surface area contributed by atoms with E-state index in [0.29, 0.717) is 37.4 Å². The molecule has 0 aromatic rings. The van der Waals surface area contributed by atoms with Gasteiger partial charge in [-0.25, -0.2) is 0 Å². The molecular weight excluding hydrogens is 228 g/mol. The lowest BCUT2D eigenvalue weighted by molar-refractivity contribution is -0.157. The van der Waals surface area contributed by atoms with Gasteiger partial charge in [-0.15, -0.1) is 0 Å². The molecule has 1 fully saturated rings. The second-order valence-corrected chi connectivity index (χ2v) is 5.80. The monoisotopic (exact) mass is 256 g/mol. The zero-order valence-corrected chi connectivity index (χ0v) is 12.3. The number of rotatable bonds is 6. The van der Waals surface area contributed by atoms with Gasteiger partial charge in [-0.05, 0) is 37.5 Å². The second kappa shape index (κ2) is 7.78. The maximum absolute atomic E-state index is 11.8. The Morgan fingerprint density at radius 1 is 1.33 bits per heavy atom. The SMILES string of the molecule is CCOCCC(=O)O[C@@H]1C[C@H](C)CC[C@H]1C(C)C. The molecule has 0 bridgehead atoms. The van der Waals surface area contributed by atoms with E-state index in [1.54, 1.807) is 0 Å². The average molecular weight is 256 g/mol. The van der Waals surface area contributed by atoms with Crippen LogP contribution in [0.1, 0.15) is 53.4 Å². The molecule has 0 aromatic carbocycles. The smallest absolute Gasteiger partial charge is 0.308 e. The van der Waals surface area contributed by atoms with Crippen LogP contribution in [0.4, 0.5) is 0 Å². The van der Waals surface area contributed by atoms with Crippen molar-refractivity contribution >= 4 is 5.97 Å². The second-order valence-electron chi connectivity index (χ2n) is 5.80. The molecule has 0 aliphatic heterocycles. The van der Waals surface area contributed by atoms with Crippen molar-refractivity contribution in [1.82, 2.24) is 0 Å². The first kappa shape index (κ1) is 15.5. The predicted molar refractivity (Wildman–Crippen MR) is 72.3 cm³/mol. The fourth-order valence-electron chi connectivity index (χ4n) is 2.78. The van der Waals surface area contributed by atoms with E-state index in [1.165, 1.54) is 12.8 Å². The zero-order valence-electron chi connectivity index (χ0n) is 12.3. The Balaban J connectivity index is 2.42. The summed E-state index contributed by atoms with van der Waals surface area (Å²) in [4.78, 5) is 11.8. The minimum absolute atomic E-state index is 0.104. The van der Waals surface area contributed by atoms with Crippen molar-refractivity contribution in [1.29, 1.82) is 0 Å². The zero-order chi connectivity index (χ0) is 13.5. The van der Waals surface area contributed by atoms with Crippen LogP contribution >= 0.6 is 0 Å². The van der Waals surface area contributed by atoms with Gasteiger partial charge < -0.3 is 9.47 Å². The van der Waals surface area contributed by atoms with Crippen LogP contribution in [0.3, 0.4) is 0 Å². The summed E-state index contributed by atoms with van der Waals surface area (Å²) in [5.74, 6) is 1.68. The average Bonchev–Trinajstić information content (AvgIpc) is 2.29. The topological polar surface area (TPSA) is 35.5 Å². The molecule has 0 heterocycles. The maximum atomic E-state index is 11.8. The molecule has 1 rings (SSSR count). The van der Waals surface area contributed by atoms with E-state index in [0.717, 1.165) is 6.42 Å². The lowest BCUT2D eigenvalue weighted by atomic mass is 9.75. The van der Waals surface area contributed by atoms with E-state index in [-0.39, 0.29) is 12.1 Å². The molecule has 1 aliphatic rings. The number of carbonyl (C=O) groups excluding carboxylic acids is 1. The van der Waals surface area contributed by atoms with Crippen LogP contribution in [0, 0.1) is 17.8 Å². The van der Waals surface area contributed by atoms with Crippen LogP contribution in [0.5, 0.6) is 0 Å². The van der Waals surface area contributed by atoms with Crippen molar-refractivity contribution in [3.8, 4) is 0 Å². The summed E-state index contributed by atoms with van der Waals surface area (Å²) in [5, 5.41) is 0. The van der Waals surface area contributed by atoms with Crippen LogP contribution < -0.4 is 0 Å². The lowest BCUT2D eigenvalue weighted by Crippen LogP contribution is -2.36. The Kier molecular flexibility index (Phi) is 6.69. The van der Waals surface area contributed by atoms with E-state index in [1.807, 2.05) is 6.92 Å². The van der Waals surface area contributed by atoms with Gasteiger partial charge in [-0.2, -0.15) is 0 Å². The molecule has 3 atom stereocenters. The number of esters is 1. The maximum Gasteiger partial charge on any atom is 0.308 e. The summed E-state index contributed by atoms with van der Waals surface area (Å²) in [6.45, 7) is 9.76. The van der Waals surface area contributed by atoms with Gasteiger partial charge in [0, 0.05) is 6.61 Å². The fourth-order valence-corrected chi connectivity index (χ4v) is 2.78. The summed E-state index contributed by atoms with van der Waals surface area (Å²) >= 11 is 0. The van der Waals surface area contributed by atoms with Crippen molar-refractivity contribution < 1.29 is 14.3 Å². The Morgan fingerprint density at radius 3 is 2.67 bits per heavy atom. The van der Waals surface area contributed by atoms with Gasteiger partial charge in [0.05, 0.1) is 13.0 Å². The molecule has 1 saturated carbocycles. The highest BCUT2D eigenvalue weighted by molar-refractivity contribution is 5.69. The Bertz CT molecular complexity index is 250. The first-order chi connectivity index (χ1) is 8.54. The van der Waals surface area contributed by atoms with E-state index in [2.05, 4.69) is 20.8 Å². The molecule has 3 nitrogen and oxygen atoms in total. The number of ether oxygens (including phenoxy) is 2. The van der Waals surface area contributed by atoms with E-state index in [9.17, 15) is 4.79 Å². The van der Waals surface area contributed by atoms with Crippen LogP contribution in [0.15, 0.2) is 0 Å². The van der Waals surface area contributed by atoms with Gasteiger partial charge in [0.1, 0.15) is 6.10 Å². The van der Waals surface area contributed by atoms with Crippen LogP contribution in [0.2, 0.25) is 0 Å². The third-order valence-electron chi connectivity index (χ3n) is 3.90. The molecule has 0 radical (unpaired) electrons. The fraction of sp³-hybridized carbons (Fsp3) is 0.933. The molecule has 3 heteroatoms. The minimum Gasteiger partial charge on any atom is -0.462 e. The lowest BCUT2D eigenvalue weighted by Gasteiger charge is -2.36. The quantitative estimate of drug-likeness (QED) is 0.539. The van der Waals surface area contributed by atoms with Crippen LogP contribution in [0.25, 0.3) is 0 Å². The molecule has 0 N–H and O–H groups in total.